The molecule has 4 aliphatic rings. The molecule has 0 saturated heterocycles. The summed E-state index contributed by atoms with van der Waals surface area (Å²) in [5.74, 6) is 4.26. The molecule has 0 N–H and O–H groups in total. The van der Waals surface area contributed by atoms with Crippen molar-refractivity contribution in [3.63, 3.8) is 0 Å². The zero-order valence-electron chi connectivity index (χ0n) is 27.9. The van der Waals surface area contributed by atoms with Crippen LogP contribution in [-0.4, -0.2) is 9.13 Å². The molecule has 0 radical (unpaired) electrons. The molecular weight excluding hydrogens is 589 g/mol. The van der Waals surface area contributed by atoms with Crippen LogP contribution in [0.5, 0.6) is 11.5 Å². The standard InChI is InChI=1S/C43H34N4O/c1-41(2,3)23-19-31-32-20-24(42(4,5)6)22-36-45-30-14-10-8-12-26(30)28-16-18-34-38(40(28)45)43(47(32)36)37-33(48-34)17-15-27-25-11-7-9-13-29(25)44(39(27)37)35(21-23)46(31)43/h7-22H,1-6H3/q+2. The number of ether oxygens (including phenoxy) is 1. The van der Waals surface area contributed by atoms with Gasteiger partial charge in [0.15, 0.2) is 22.4 Å². The molecule has 0 fully saturated rings. The number of fused-ring (bicyclic) bond motifs is 9. The van der Waals surface area contributed by atoms with Gasteiger partial charge >= 0.3 is 5.66 Å². The Bertz CT molecular complexity index is 2690. The minimum Gasteiger partial charge on any atom is -0.456 e. The Balaban J connectivity index is 1.44. The van der Waals surface area contributed by atoms with Gasteiger partial charge in [-0.2, -0.15) is 18.3 Å². The molecule has 0 atom stereocenters. The highest BCUT2D eigenvalue weighted by Gasteiger charge is 2.69. The molecule has 0 unspecified atom stereocenters. The van der Waals surface area contributed by atoms with Gasteiger partial charge in [-0.25, -0.2) is 0 Å². The average molecular weight is 623 g/mol. The third kappa shape index (κ3) is 2.53. The van der Waals surface area contributed by atoms with Crippen molar-refractivity contribution in [1.29, 1.82) is 0 Å². The maximum atomic E-state index is 7.05. The molecule has 8 aromatic rings. The molecule has 8 heterocycles. The molecule has 5 heteroatoms. The quantitative estimate of drug-likeness (QED) is 0.155. The van der Waals surface area contributed by atoms with E-state index in [4.69, 9.17) is 4.74 Å². The molecule has 230 valence electrons. The predicted octanol–water partition coefficient (Wildman–Crippen LogP) is 9.06. The Hall–Kier alpha value is -5.42. The molecule has 48 heavy (non-hydrogen) atoms. The lowest BCUT2D eigenvalue weighted by atomic mass is 9.81. The van der Waals surface area contributed by atoms with Crippen LogP contribution in [-0.2, 0) is 16.5 Å². The molecule has 1 spiro atoms. The lowest BCUT2D eigenvalue weighted by molar-refractivity contribution is -0.934. The van der Waals surface area contributed by atoms with Crippen molar-refractivity contribution >= 4 is 43.6 Å². The first kappa shape index (κ1) is 25.6. The van der Waals surface area contributed by atoms with Gasteiger partial charge in [0, 0.05) is 33.7 Å². The lowest BCUT2D eigenvalue weighted by Crippen LogP contribution is -2.75. The average Bonchev–Trinajstić information content (AvgIpc) is 3.69. The van der Waals surface area contributed by atoms with E-state index in [1.54, 1.807) is 0 Å². The Labute approximate surface area is 277 Å². The van der Waals surface area contributed by atoms with E-state index in [0.29, 0.717) is 0 Å². The number of hydrogen-bond acceptors (Lipinski definition) is 1. The Morgan fingerprint density at radius 2 is 0.958 bits per heavy atom. The van der Waals surface area contributed by atoms with Gasteiger partial charge in [-0.3, -0.25) is 0 Å². The van der Waals surface area contributed by atoms with E-state index in [1.165, 1.54) is 88.9 Å². The maximum Gasteiger partial charge on any atom is 0.323 e. The number of pyridine rings is 2. The largest absolute Gasteiger partial charge is 0.456 e. The number of benzene rings is 4. The third-order valence-electron chi connectivity index (χ3n) is 11.7. The second-order valence-electron chi connectivity index (χ2n) is 16.3. The first-order valence-electron chi connectivity index (χ1n) is 17.1. The van der Waals surface area contributed by atoms with Crippen LogP contribution in [0.4, 0.5) is 0 Å². The van der Waals surface area contributed by atoms with Crippen molar-refractivity contribution in [3.8, 4) is 34.5 Å². The number of hydrogen-bond donors (Lipinski definition) is 0. The number of aromatic nitrogens is 4. The highest BCUT2D eigenvalue weighted by Crippen LogP contribution is 2.59. The first-order valence-corrected chi connectivity index (χ1v) is 17.1. The highest BCUT2D eigenvalue weighted by molar-refractivity contribution is 6.14. The van der Waals surface area contributed by atoms with Gasteiger partial charge in [-0.05, 0) is 82.6 Å². The molecule has 0 aliphatic carbocycles. The molecule has 5 nitrogen and oxygen atoms in total. The Morgan fingerprint density at radius 3 is 1.40 bits per heavy atom. The van der Waals surface area contributed by atoms with Crippen LogP contribution >= 0.6 is 0 Å². The monoisotopic (exact) mass is 622 g/mol. The Kier molecular flexibility index (Phi) is 4.00. The summed E-state index contributed by atoms with van der Waals surface area (Å²) in [5, 5.41) is 5.06. The smallest absolute Gasteiger partial charge is 0.323 e. The molecule has 0 saturated carbocycles. The fraction of sp³-hybridized carbons (Fsp3) is 0.209. The fourth-order valence-corrected chi connectivity index (χ4v) is 9.60. The summed E-state index contributed by atoms with van der Waals surface area (Å²) < 4.78 is 17.5. The second-order valence-corrected chi connectivity index (χ2v) is 16.3. The number of para-hydroxylation sites is 2. The zero-order valence-corrected chi connectivity index (χ0v) is 27.9. The third-order valence-corrected chi connectivity index (χ3v) is 11.7. The van der Waals surface area contributed by atoms with Gasteiger partial charge < -0.3 is 4.74 Å². The molecule has 0 bridgehead atoms. The molecule has 0 amide bonds. The molecule has 12 rings (SSSR count). The Morgan fingerprint density at radius 1 is 0.521 bits per heavy atom. The summed E-state index contributed by atoms with van der Waals surface area (Å²) in [7, 11) is 0. The number of nitrogens with zero attached hydrogens (tertiary/aromatic N) is 4. The van der Waals surface area contributed by atoms with Crippen LogP contribution in [0.25, 0.3) is 66.6 Å². The van der Waals surface area contributed by atoms with Gasteiger partial charge in [0.1, 0.15) is 33.7 Å². The van der Waals surface area contributed by atoms with Crippen LogP contribution in [0.3, 0.4) is 0 Å². The van der Waals surface area contributed by atoms with Crippen molar-refractivity contribution < 1.29 is 13.9 Å². The van der Waals surface area contributed by atoms with E-state index in [-0.39, 0.29) is 10.8 Å². The maximum absolute atomic E-state index is 7.05. The molecular formula is C43H34N4O+2. The van der Waals surface area contributed by atoms with Crippen molar-refractivity contribution in [1.82, 2.24) is 9.13 Å². The lowest BCUT2D eigenvalue weighted by Gasteiger charge is -2.39. The van der Waals surface area contributed by atoms with E-state index >= 15 is 0 Å². The van der Waals surface area contributed by atoms with Crippen molar-refractivity contribution in [2.45, 2.75) is 58.0 Å². The van der Waals surface area contributed by atoms with E-state index in [0.717, 1.165) is 11.5 Å². The second kappa shape index (κ2) is 7.50. The van der Waals surface area contributed by atoms with Gasteiger partial charge in [0.25, 0.3) is 11.6 Å². The fourth-order valence-electron chi connectivity index (χ4n) is 9.60. The summed E-state index contributed by atoms with van der Waals surface area (Å²) in [4.78, 5) is 0. The summed E-state index contributed by atoms with van der Waals surface area (Å²) in [5.41, 5.74) is 11.8. The van der Waals surface area contributed by atoms with Gasteiger partial charge in [0.05, 0.1) is 0 Å². The summed E-state index contributed by atoms with van der Waals surface area (Å²) in [6, 6.07) is 36.7. The van der Waals surface area contributed by atoms with Gasteiger partial charge in [-0.15, -0.1) is 0 Å². The number of rotatable bonds is 0. The predicted molar refractivity (Wildman–Crippen MR) is 190 cm³/mol. The van der Waals surface area contributed by atoms with Gasteiger partial charge in [0.2, 0.25) is 0 Å². The van der Waals surface area contributed by atoms with E-state index in [9.17, 15) is 0 Å². The first-order chi connectivity index (χ1) is 23.1. The van der Waals surface area contributed by atoms with Crippen LogP contribution in [0, 0.1) is 0 Å². The van der Waals surface area contributed by atoms with E-state index in [1.807, 2.05) is 0 Å². The van der Waals surface area contributed by atoms with E-state index in [2.05, 4.69) is 157 Å². The van der Waals surface area contributed by atoms with E-state index < -0.39 is 5.66 Å². The van der Waals surface area contributed by atoms with Crippen LogP contribution in [0.2, 0.25) is 0 Å². The topological polar surface area (TPSA) is 26.8 Å². The normalized spacial score (nSPS) is 15.6. The minimum atomic E-state index is -0.668. The summed E-state index contributed by atoms with van der Waals surface area (Å²) >= 11 is 0. The zero-order chi connectivity index (χ0) is 32.2. The van der Waals surface area contributed by atoms with Crippen molar-refractivity contribution in [2.75, 3.05) is 0 Å². The summed E-state index contributed by atoms with van der Waals surface area (Å²) in [6.07, 6.45) is 0. The molecule has 4 aromatic heterocycles. The van der Waals surface area contributed by atoms with Gasteiger partial charge in [-0.1, -0.05) is 65.8 Å². The molecule has 4 aliphatic heterocycles. The molecule has 4 aromatic carbocycles. The SMILES string of the molecule is CC(C)(C)c1cc2[n+]3c(c1)-n1c4ccccc4c4ccc5c(c41)C31c3c(ccc4c6ccccc6n(c34)-c3cc(C(C)(C)C)cc-2[n+]31)O5. The summed E-state index contributed by atoms with van der Waals surface area (Å²) in [6.45, 7) is 14.0. The van der Waals surface area contributed by atoms with Crippen LogP contribution in [0.15, 0.2) is 97.1 Å². The van der Waals surface area contributed by atoms with Crippen molar-refractivity contribution in [3.05, 3.63) is 119 Å². The minimum absolute atomic E-state index is 0.0517. The van der Waals surface area contributed by atoms with Crippen LogP contribution < -0.4 is 13.9 Å². The van der Waals surface area contributed by atoms with Crippen LogP contribution in [0.1, 0.15) is 63.8 Å². The van der Waals surface area contributed by atoms with Crippen molar-refractivity contribution in [2.24, 2.45) is 0 Å². The highest BCUT2D eigenvalue weighted by atomic mass is 16.5.